The molecule has 0 aliphatic rings. The fourth-order valence-corrected chi connectivity index (χ4v) is 2.61. The second-order valence-corrected chi connectivity index (χ2v) is 5.75. The topological polar surface area (TPSA) is 98.5 Å². The second-order valence-electron chi connectivity index (χ2n) is 4.17. The Balaban J connectivity index is 1.99. The van der Waals surface area contributed by atoms with Crippen molar-refractivity contribution in [3.63, 3.8) is 0 Å². The first-order chi connectivity index (χ1) is 9.99. The summed E-state index contributed by atoms with van der Waals surface area (Å²) in [5, 5.41) is 2.52. The first kappa shape index (κ1) is 15.0. The quantitative estimate of drug-likeness (QED) is 0.646. The summed E-state index contributed by atoms with van der Waals surface area (Å²) in [5.74, 6) is -0.570. The Kier molecular flexibility index (Phi) is 4.56. The molecule has 0 aliphatic carbocycles. The Hall–Kier alpha value is -2.38. The van der Waals surface area contributed by atoms with E-state index in [1.54, 1.807) is 36.4 Å². The Morgan fingerprint density at radius 1 is 1.05 bits per heavy atom. The zero-order valence-electron chi connectivity index (χ0n) is 11.0. The van der Waals surface area contributed by atoms with Crippen LogP contribution in [0.5, 0.6) is 0 Å². The molecule has 0 unspecified atom stereocenters. The lowest BCUT2D eigenvalue weighted by molar-refractivity contribution is -0.118. The molecule has 1 amide bonds. The van der Waals surface area contributed by atoms with E-state index in [1.165, 1.54) is 18.2 Å². The van der Waals surface area contributed by atoms with Crippen LogP contribution in [0.3, 0.4) is 0 Å². The summed E-state index contributed by atoms with van der Waals surface area (Å²) in [5.41, 5.74) is 6.21. The zero-order chi connectivity index (χ0) is 15.3. The fraction of sp³-hybridized carbons (Fsp3) is 0.0714. The summed E-state index contributed by atoms with van der Waals surface area (Å²) in [4.78, 5) is 11.5. The van der Waals surface area contributed by atoms with Gasteiger partial charge in [0.15, 0.2) is 0 Å². The van der Waals surface area contributed by atoms with Crippen LogP contribution < -0.4 is 11.1 Å². The van der Waals surface area contributed by atoms with Gasteiger partial charge < -0.3 is 11.1 Å². The molecule has 7 heteroatoms. The molecule has 0 heterocycles. The molecule has 0 spiro atoms. The molecule has 0 saturated carbocycles. The molecule has 2 aromatic rings. The smallest absolute Gasteiger partial charge is 0.299 e. The van der Waals surface area contributed by atoms with Gasteiger partial charge in [0.1, 0.15) is 11.5 Å². The van der Waals surface area contributed by atoms with Crippen molar-refractivity contribution in [2.75, 3.05) is 17.7 Å². The number of carbonyl (C=O) groups excluding carboxylic acids is 1. The molecule has 6 nitrogen and oxygen atoms in total. The summed E-state index contributed by atoms with van der Waals surface area (Å²) >= 11 is 0. The lowest BCUT2D eigenvalue weighted by Crippen LogP contribution is -2.21. The van der Waals surface area contributed by atoms with Gasteiger partial charge in [-0.05, 0) is 24.3 Å². The van der Waals surface area contributed by atoms with Crippen molar-refractivity contribution in [3.05, 3.63) is 54.6 Å². The molecule has 0 radical (unpaired) electrons. The molecule has 0 aliphatic heterocycles. The number of benzene rings is 2. The number of nitrogens with two attached hydrogens (primary N) is 1. The normalized spacial score (nSPS) is 11.0. The maximum absolute atomic E-state index is 11.9. The van der Waals surface area contributed by atoms with Crippen molar-refractivity contribution >= 4 is 27.4 Å². The van der Waals surface area contributed by atoms with E-state index < -0.39 is 22.6 Å². The average Bonchev–Trinajstić information content (AvgIpc) is 2.47. The first-order valence-electron chi connectivity index (χ1n) is 6.08. The number of para-hydroxylation sites is 2. The van der Waals surface area contributed by atoms with Crippen molar-refractivity contribution in [1.82, 2.24) is 0 Å². The third-order valence-corrected chi connectivity index (χ3v) is 3.93. The van der Waals surface area contributed by atoms with Crippen molar-refractivity contribution < 1.29 is 17.4 Å². The standard InChI is InChI=1S/C14H14N2O4S/c15-12-8-4-5-9-13(12)21(18,19)20-10-14(17)16-11-6-2-1-3-7-11/h1-9H,10,15H2,(H,16,17). The number of nitrogen functional groups attached to an aromatic ring is 1. The van der Waals surface area contributed by atoms with Crippen LogP contribution in [0.15, 0.2) is 59.5 Å². The Bertz CT molecular complexity index is 730. The van der Waals surface area contributed by atoms with Crippen LogP contribution in [-0.4, -0.2) is 20.9 Å². The summed E-state index contributed by atoms with van der Waals surface area (Å²) < 4.78 is 28.6. The average molecular weight is 306 g/mol. The van der Waals surface area contributed by atoms with E-state index in [0.29, 0.717) is 5.69 Å². The minimum atomic E-state index is -4.06. The molecule has 110 valence electrons. The number of hydrogen-bond donors (Lipinski definition) is 2. The fourth-order valence-electron chi connectivity index (χ4n) is 1.62. The molecule has 2 rings (SSSR count). The minimum Gasteiger partial charge on any atom is -0.398 e. The maximum Gasteiger partial charge on any atom is 0.299 e. The van der Waals surface area contributed by atoms with Crippen LogP contribution in [0.1, 0.15) is 0 Å². The molecule has 2 aromatic carbocycles. The number of rotatable bonds is 5. The zero-order valence-corrected chi connectivity index (χ0v) is 11.8. The van der Waals surface area contributed by atoms with Gasteiger partial charge in [-0.25, -0.2) is 0 Å². The van der Waals surface area contributed by atoms with Crippen LogP contribution >= 0.6 is 0 Å². The third kappa shape index (κ3) is 4.04. The highest BCUT2D eigenvalue weighted by Crippen LogP contribution is 2.19. The first-order valence-corrected chi connectivity index (χ1v) is 7.49. The van der Waals surface area contributed by atoms with Crippen molar-refractivity contribution in [3.8, 4) is 0 Å². The van der Waals surface area contributed by atoms with Crippen molar-refractivity contribution in [2.24, 2.45) is 0 Å². The van der Waals surface area contributed by atoms with E-state index in [2.05, 4.69) is 5.32 Å². The highest BCUT2D eigenvalue weighted by Gasteiger charge is 2.19. The largest absolute Gasteiger partial charge is 0.398 e. The Morgan fingerprint density at radius 2 is 1.67 bits per heavy atom. The molecule has 0 atom stereocenters. The summed E-state index contributed by atoms with van der Waals surface area (Å²) in [6.07, 6.45) is 0. The van der Waals surface area contributed by atoms with E-state index in [9.17, 15) is 13.2 Å². The lowest BCUT2D eigenvalue weighted by Gasteiger charge is -2.08. The summed E-state index contributed by atoms with van der Waals surface area (Å²) in [6, 6.07) is 14.6. The highest BCUT2D eigenvalue weighted by molar-refractivity contribution is 7.87. The van der Waals surface area contributed by atoms with Gasteiger partial charge in [0.2, 0.25) is 0 Å². The van der Waals surface area contributed by atoms with E-state index >= 15 is 0 Å². The SMILES string of the molecule is Nc1ccccc1S(=O)(=O)OCC(=O)Nc1ccccc1. The second kappa shape index (κ2) is 6.38. The number of nitrogens with one attached hydrogen (secondary N) is 1. The predicted molar refractivity (Wildman–Crippen MR) is 79.1 cm³/mol. The van der Waals surface area contributed by atoms with Gasteiger partial charge in [-0.2, -0.15) is 8.42 Å². The van der Waals surface area contributed by atoms with Crippen molar-refractivity contribution in [2.45, 2.75) is 4.90 Å². The molecule has 0 saturated heterocycles. The molecule has 3 N–H and O–H groups in total. The molecular formula is C14H14N2O4S. The van der Waals surface area contributed by atoms with Crippen LogP contribution in [0, 0.1) is 0 Å². The lowest BCUT2D eigenvalue weighted by atomic mass is 10.3. The molecule has 21 heavy (non-hydrogen) atoms. The van der Waals surface area contributed by atoms with Gasteiger partial charge in [-0.1, -0.05) is 30.3 Å². The van der Waals surface area contributed by atoms with Gasteiger partial charge in [-0.15, -0.1) is 0 Å². The Morgan fingerprint density at radius 3 is 2.33 bits per heavy atom. The summed E-state index contributed by atoms with van der Waals surface area (Å²) in [7, 11) is -4.06. The van der Waals surface area contributed by atoms with Gasteiger partial charge in [0, 0.05) is 5.69 Å². The van der Waals surface area contributed by atoms with Gasteiger partial charge >= 0.3 is 0 Å². The summed E-state index contributed by atoms with van der Waals surface area (Å²) in [6.45, 7) is -0.619. The van der Waals surface area contributed by atoms with E-state index in [0.717, 1.165) is 0 Å². The Labute approximate surface area is 122 Å². The molecular weight excluding hydrogens is 292 g/mol. The molecule has 0 bridgehead atoms. The monoisotopic (exact) mass is 306 g/mol. The van der Waals surface area contributed by atoms with E-state index in [4.69, 9.17) is 9.92 Å². The maximum atomic E-state index is 11.9. The van der Waals surface area contributed by atoms with E-state index in [1.807, 2.05) is 0 Å². The third-order valence-electron chi connectivity index (χ3n) is 2.59. The molecule has 0 aromatic heterocycles. The van der Waals surface area contributed by atoms with Gasteiger partial charge in [0.25, 0.3) is 16.0 Å². The number of hydrogen-bond acceptors (Lipinski definition) is 5. The highest BCUT2D eigenvalue weighted by atomic mass is 32.2. The van der Waals surface area contributed by atoms with E-state index in [-0.39, 0.29) is 10.6 Å². The molecule has 0 fully saturated rings. The van der Waals surface area contributed by atoms with Crippen LogP contribution in [0.25, 0.3) is 0 Å². The number of carbonyl (C=O) groups is 1. The van der Waals surface area contributed by atoms with Gasteiger partial charge in [0.05, 0.1) is 5.69 Å². The van der Waals surface area contributed by atoms with Crippen LogP contribution in [0.4, 0.5) is 11.4 Å². The predicted octanol–water partition coefficient (Wildman–Crippen LogP) is 1.61. The van der Waals surface area contributed by atoms with Crippen LogP contribution in [0.2, 0.25) is 0 Å². The number of amides is 1. The minimum absolute atomic E-state index is 0.0703. The number of anilines is 2. The van der Waals surface area contributed by atoms with Crippen LogP contribution in [-0.2, 0) is 19.1 Å². The van der Waals surface area contributed by atoms with Gasteiger partial charge in [-0.3, -0.25) is 8.98 Å². The van der Waals surface area contributed by atoms with Crippen molar-refractivity contribution in [1.29, 1.82) is 0 Å².